The Hall–Kier alpha value is -2.18. The standard InChI is InChI=1S/C21H29N3O3/c1-15-14-27-10-9-23(15)17-12-20(22-21(25)13-17)24-8-4-7-19(24)16-5-3-6-18(11-16)26-2/h3,5-6,11-13,15,19,21-22,25H,4,7-10,14H2,1-2H3. The van der Waals surface area contributed by atoms with Crippen molar-refractivity contribution in [1.82, 2.24) is 15.1 Å². The van der Waals surface area contributed by atoms with Crippen LogP contribution < -0.4 is 10.1 Å². The smallest absolute Gasteiger partial charge is 0.147 e. The Kier molecular flexibility index (Phi) is 5.27. The fourth-order valence-electron chi connectivity index (χ4n) is 4.29. The van der Waals surface area contributed by atoms with Crippen LogP contribution in [0.2, 0.25) is 0 Å². The number of methoxy groups -OCH3 is 1. The molecule has 0 saturated carbocycles. The first-order chi connectivity index (χ1) is 13.2. The molecule has 0 aromatic heterocycles. The van der Waals surface area contributed by atoms with Gasteiger partial charge in [-0.1, -0.05) is 12.1 Å². The molecule has 3 aliphatic heterocycles. The molecule has 27 heavy (non-hydrogen) atoms. The van der Waals surface area contributed by atoms with Crippen molar-refractivity contribution >= 4 is 0 Å². The molecule has 146 valence electrons. The largest absolute Gasteiger partial charge is 0.497 e. The number of aliphatic hydroxyl groups is 1. The van der Waals surface area contributed by atoms with E-state index >= 15 is 0 Å². The average molecular weight is 371 g/mol. The third-order valence-electron chi connectivity index (χ3n) is 5.65. The summed E-state index contributed by atoms with van der Waals surface area (Å²) >= 11 is 0. The molecule has 2 fully saturated rings. The van der Waals surface area contributed by atoms with Crippen molar-refractivity contribution in [3.05, 3.63) is 53.5 Å². The SMILES string of the molecule is COc1cccc(C2CCCN2C2=CC(N3CCOCC3C)=CC(O)N2)c1. The summed E-state index contributed by atoms with van der Waals surface area (Å²) in [5.74, 6) is 1.87. The van der Waals surface area contributed by atoms with Gasteiger partial charge in [0.25, 0.3) is 0 Å². The summed E-state index contributed by atoms with van der Waals surface area (Å²) < 4.78 is 11.0. The first-order valence-electron chi connectivity index (χ1n) is 9.79. The summed E-state index contributed by atoms with van der Waals surface area (Å²) in [6.45, 7) is 5.43. The maximum atomic E-state index is 10.4. The van der Waals surface area contributed by atoms with Crippen molar-refractivity contribution < 1.29 is 14.6 Å². The lowest BCUT2D eigenvalue weighted by atomic mass is 10.0. The Bertz CT molecular complexity index is 733. The number of benzene rings is 1. The van der Waals surface area contributed by atoms with Crippen LogP contribution in [-0.2, 0) is 4.74 Å². The van der Waals surface area contributed by atoms with Gasteiger partial charge in [0.15, 0.2) is 0 Å². The van der Waals surface area contributed by atoms with Gasteiger partial charge < -0.3 is 29.7 Å². The fourth-order valence-corrected chi connectivity index (χ4v) is 4.29. The second-order valence-corrected chi connectivity index (χ2v) is 7.46. The number of ether oxygens (including phenoxy) is 2. The van der Waals surface area contributed by atoms with Gasteiger partial charge in [-0.05, 0) is 43.5 Å². The van der Waals surface area contributed by atoms with E-state index in [0.717, 1.165) is 56.4 Å². The molecule has 3 unspecified atom stereocenters. The number of hydrogen-bond donors (Lipinski definition) is 2. The van der Waals surface area contributed by atoms with E-state index < -0.39 is 6.23 Å². The molecule has 3 aliphatic rings. The quantitative estimate of drug-likeness (QED) is 0.846. The van der Waals surface area contributed by atoms with E-state index in [2.05, 4.69) is 40.2 Å². The molecule has 0 amide bonds. The molecule has 2 saturated heterocycles. The Morgan fingerprint density at radius 2 is 2.15 bits per heavy atom. The van der Waals surface area contributed by atoms with Gasteiger partial charge in [0.1, 0.15) is 17.8 Å². The van der Waals surface area contributed by atoms with E-state index in [0.29, 0.717) is 6.04 Å². The van der Waals surface area contributed by atoms with Crippen LogP contribution in [0.3, 0.4) is 0 Å². The number of hydrogen-bond acceptors (Lipinski definition) is 6. The molecule has 4 rings (SSSR count). The fraction of sp³-hybridized carbons (Fsp3) is 0.524. The van der Waals surface area contributed by atoms with Crippen molar-refractivity contribution in [3.63, 3.8) is 0 Å². The van der Waals surface area contributed by atoms with Crippen LogP contribution in [0.15, 0.2) is 47.9 Å². The summed E-state index contributed by atoms with van der Waals surface area (Å²) in [7, 11) is 1.70. The topological polar surface area (TPSA) is 57.2 Å². The molecule has 0 radical (unpaired) electrons. The van der Waals surface area contributed by atoms with Gasteiger partial charge >= 0.3 is 0 Å². The highest BCUT2D eigenvalue weighted by molar-refractivity contribution is 5.34. The minimum Gasteiger partial charge on any atom is -0.497 e. The monoisotopic (exact) mass is 371 g/mol. The molecule has 6 heteroatoms. The van der Waals surface area contributed by atoms with Crippen LogP contribution >= 0.6 is 0 Å². The lowest BCUT2D eigenvalue weighted by Crippen LogP contribution is -2.46. The van der Waals surface area contributed by atoms with Crippen LogP contribution in [0.1, 0.15) is 31.4 Å². The van der Waals surface area contributed by atoms with Crippen LogP contribution in [0.25, 0.3) is 0 Å². The maximum Gasteiger partial charge on any atom is 0.147 e. The first-order valence-corrected chi connectivity index (χ1v) is 9.79. The minimum absolute atomic E-state index is 0.285. The van der Waals surface area contributed by atoms with Gasteiger partial charge in [-0.2, -0.15) is 0 Å². The molecule has 6 nitrogen and oxygen atoms in total. The number of allylic oxidation sites excluding steroid dienone is 1. The molecule has 1 aromatic carbocycles. The van der Waals surface area contributed by atoms with Crippen LogP contribution in [-0.4, -0.2) is 60.6 Å². The second-order valence-electron chi connectivity index (χ2n) is 7.46. The van der Waals surface area contributed by atoms with Crippen molar-refractivity contribution in [1.29, 1.82) is 0 Å². The Labute approximate surface area is 161 Å². The van der Waals surface area contributed by atoms with Crippen molar-refractivity contribution in [2.75, 3.05) is 33.4 Å². The molecule has 0 spiro atoms. The maximum absolute atomic E-state index is 10.4. The predicted molar refractivity (Wildman–Crippen MR) is 104 cm³/mol. The lowest BCUT2D eigenvalue weighted by molar-refractivity contribution is 0.0170. The van der Waals surface area contributed by atoms with Crippen LogP contribution in [0.5, 0.6) is 5.75 Å². The minimum atomic E-state index is -0.679. The summed E-state index contributed by atoms with van der Waals surface area (Å²) in [5.41, 5.74) is 2.32. The molecule has 0 bridgehead atoms. The normalized spacial score (nSPS) is 28.5. The molecule has 2 N–H and O–H groups in total. The summed E-state index contributed by atoms with van der Waals surface area (Å²) in [4.78, 5) is 4.69. The number of dihydropyridines is 1. The van der Waals surface area contributed by atoms with E-state index in [1.165, 1.54) is 5.56 Å². The van der Waals surface area contributed by atoms with Crippen molar-refractivity contribution in [2.45, 2.75) is 38.1 Å². The third-order valence-corrected chi connectivity index (χ3v) is 5.65. The first kappa shape index (κ1) is 18.2. The molecule has 3 heterocycles. The van der Waals surface area contributed by atoms with Gasteiger partial charge in [0.05, 0.1) is 26.4 Å². The number of likely N-dealkylation sites (tertiary alicyclic amines) is 1. The molecule has 1 aromatic rings. The number of nitrogens with zero attached hydrogens (tertiary/aromatic N) is 2. The van der Waals surface area contributed by atoms with E-state index in [1.807, 2.05) is 18.2 Å². The second kappa shape index (κ2) is 7.82. The van der Waals surface area contributed by atoms with E-state index in [4.69, 9.17) is 9.47 Å². The number of aliphatic hydroxyl groups excluding tert-OH is 1. The van der Waals surface area contributed by atoms with Gasteiger partial charge in [-0.3, -0.25) is 0 Å². The average Bonchev–Trinajstić information content (AvgIpc) is 3.18. The third kappa shape index (κ3) is 3.77. The molecular weight excluding hydrogens is 342 g/mol. The highest BCUT2D eigenvalue weighted by atomic mass is 16.5. The van der Waals surface area contributed by atoms with Gasteiger partial charge in [0.2, 0.25) is 0 Å². The summed E-state index contributed by atoms with van der Waals surface area (Å²) in [6, 6.07) is 8.89. The Balaban J connectivity index is 1.59. The lowest BCUT2D eigenvalue weighted by Gasteiger charge is -2.39. The number of nitrogens with one attached hydrogen (secondary N) is 1. The van der Waals surface area contributed by atoms with E-state index in [9.17, 15) is 5.11 Å². The Morgan fingerprint density at radius 3 is 2.96 bits per heavy atom. The zero-order chi connectivity index (χ0) is 18.8. The Morgan fingerprint density at radius 1 is 1.26 bits per heavy atom. The zero-order valence-corrected chi connectivity index (χ0v) is 16.1. The predicted octanol–water partition coefficient (Wildman–Crippen LogP) is 2.20. The van der Waals surface area contributed by atoms with E-state index in [1.54, 1.807) is 7.11 Å². The van der Waals surface area contributed by atoms with Crippen molar-refractivity contribution in [2.24, 2.45) is 0 Å². The summed E-state index contributed by atoms with van der Waals surface area (Å²) in [5, 5.41) is 13.7. The van der Waals surface area contributed by atoms with Crippen molar-refractivity contribution in [3.8, 4) is 5.75 Å². The van der Waals surface area contributed by atoms with Crippen LogP contribution in [0, 0.1) is 0 Å². The molecular formula is C21H29N3O3. The highest BCUT2D eigenvalue weighted by Crippen LogP contribution is 2.36. The summed E-state index contributed by atoms with van der Waals surface area (Å²) in [6.07, 6.45) is 5.61. The van der Waals surface area contributed by atoms with Gasteiger partial charge in [-0.15, -0.1) is 0 Å². The zero-order valence-electron chi connectivity index (χ0n) is 16.1. The van der Waals surface area contributed by atoms with E-state index in [-0.39, 0.29) is 6.04 Å². The number of rotatable bonds is 4. The molecule has 0 aliphatic carbocycles. The number of morpholine rings is 1. The molecule has 3 atom stereocenters. The highest BCUT2D eigenvalue weighted by Gasteiger charge is 2.31. The van der Waals surface area contributed by atoms with Crippen LogP contribution in [0.4, 0.5) is 0 Å². The van der Waals surface area contributed by atoms with Gasteiger partial charge in [-0.25, -0.2) is 0 Å². The van der Waals surface area contributed by atoms with Gasteiger partial charge in [0, 0.05) is 30.9 Å².